The smallest absolute Gasteiger partial charge is 0.269 e. The largest absolute Gasteiger partial charge is 0.354 e. The highest BCUT2D eigenvalue weighted by Crippen LogP contribution is 2.30. The van der Waals surface area contributed by atoms with Crippen LogP contribution >= 0.6 is 0 Å². The van der Waals surface area contributed by atoms with Crippen molar-refractivity contribution in [2.75, 3.05) is 13.1 Å². The molecule has 9 heteroatoms. The van der Waals surface area contributed by atoms with Crippen LogP contribution in [0.25, 0.3) is 0 Å². The average molecular weight is 562 g/mol. The zero-order chi connectivity index (χ0) is 28.7. The van der Waals surface area contributed by atoms with E-state index in [1.165, 1.54) is 12.1 Å². The summed E-state index contributed by atoms with van der Waals surface area (Å²) in [6.07, 6.45) is 1.21. The third-order valence-corrected chi connectivity index (χ3v) is 8.76. The maximum atomic E-state index is 13.8. The van der Waals surface area contributed by atoms with E-state index in [2.05, 4.69) is 5.32 Å². The number of hydrogen-bond acceptors (Lipinski definition) is 5. The molecule has 0 spiro atoms. The number of carbonyl (C=O) groups excluding carboxylic acids is 3. The summed E-state index contributed by atoms with van der Waals surface area (Å²) in [5.74, 6) is -1.10. The Kier molecular flexibility index (Phi) is 9.37. The zero-order valence-corrected chi connectivity index (χ0v) is 23.7. The Hall–Kier alpha value is -3.98. The Morgan fingerprint density at radius 1 is 0.950 bits per heavy atom. The van der Waals surface area contributed by atoms with E-state index >= 15 is 0 Å². The Morgan fingerprint density at radius 3 is 2.35 bits per heavy atom. The van der Waals surface area contributed by atoms with E-state index in [-0.39, 0.29) is 48.2 Å². The van der Waals surface area contributed by atoms with Crippen LogP contribution < -0.4 is 5.32 Å². The van der Waals surface area contributed by atoms with Crippen molar-refractivity contribution in [1.82, 2.24) is 14.5 Å². The molecule has 0 saturated heterocycles. The van der Waals surface area contributed by atoms with Crippen molar-refractivity contribution < 1.29 is 22.8 Å². The molecule has 4 rings (SSSR count). The van der Waals surface area contributed by atoms with Gasteiger partial charge in [-0.3, -0.25) is 14.4 Å². The first-order chi connectivity index (χ1) is 19.2. The van der Waals surface area contributed by atoms with Gasteiger partial charge in [-0.05, 0) is 43.0 Å². The molecule has 3 aromatic carbocycles. The molecule has 0 unspecified atom stereocenters. The number of rotatable bonds is 12. The molecule has 3 amide bonds. The summed E-state index contributed by atoms with van der Waals surface area (Å²) in [4.78, 5) is 41.5. The maximum absolute atomic E-state index is 13.8. The fourth-order valence-electron chi connectivity index (χ4n) is 4.90. The van der Waals surface area contributed by atoms with Crippen LogP contribution in [0.2, 0.25) is 0 Å². The molecule has 0 aromatic heterocycles. The highest BCUT2D eigenvalue weighted by atomic mass is 32.2. The lowest BCUT2D eigenvalue weighted by atomic mass is 10.0. The molecule has 1 aliphatic heterocycles. The summed E-state index contributed by atoms with van der Waals surface area (Å²) in [5.41, 5.74) is 3.00. The Bertz CT molecular complexity index is 1470. The lowest BCUT2D eigenvalue weighted by Gasteiger charge is -2.32. The van der Waals surface area contributed by atoms with Gasteiger partial charge >= 0.3 is 0 Å². The third-order valence-electron chi connectivity index (χ3n) is 6.92. The molecule has 210 valence electrons. The van der Waals surface area contributed by atoms with E-state index in [4.69, 9.17) is 0 Å². The average Bonchev–Trinajstić information content (AvgIpc) is 3.14. The second-order valence-corrected chi connectivity index (χ2v) is 11.8. The lowest BCUT2D eigenvalue weighted by molar-refractivity contribution is -0.141. The Balaban J connectivity index is 1.56. The molecular weight excluding hydrogens is 526 g/mol. The number of sulfonamides is 1. The molecule has 40 heavy (non-hydrogen) atoms. The van der Waals surface area contributed by atoms with Gasteiger partial charge in [-0.25, -0.2) is 12.7 Å². The van der Waals surface area contributed by atoms with Crippen molar-refractivity contribution >= 4 is 27.7 Å². The molecule has 1 heterocycles. The normalized spacial score (nSPS) is 14.4. The molecule has 1 aliphatic rings. The Morgan fingerprint density at radius 2 is 1.65 bits per heavy atom. The molecular formula is C31H35N3O5S. The van der Waals surface area contributed by atoms with E-state index < -0.39 is 22.0 Å². The number of nitrogens with one attached hydrogen (secondary N) is 1. The van der Waals surface area contributed by atoms with Crippen LogP contribution in [0.5, 0.6) is 0 Å². The molecule has 0 saturated carbocycles. The number of nitrogens with zero attached hydrogens (tertiary/aromatic N) is 2. The van der Waals surface area contributed by atoms with Gasteiger partial charge in [0.1, 0.15) is 10.9 Å². The predicted octanol–water partition coefficient (Wildman–Crippen LogP) is 4.09. The second-order valence-electron chi connectivity index (χ2n) is 9.99. The summed E-state index contributed by atoms with van der Waals surface area (Å²) >= 11 is 0. The molecule has 0 aliphatic carbocycles. The standard InChI is InChI=1S/C31H35N3O5S/c1-3-18-32-30(36)27(21-24-12-5-4-6-13-24)33(22-25-14-9-11-23(2)20-25)29(35)17-10-19-34-31(37)26-15-7-8-16-28(26)40(34,38)39/h4-9,11-16,20,27H,3,10,17-19,21-22H2,1-2H3,(H,32,36)/t27-/m0/s1. The summed E-state index contributed by atoms with van der Waals surface area (Å²) in [6, 6.07) is 22.7. The first kappa shape index (κ1) is 29.0. The predicted molar refractivity (Wildman–Crippen MR) is 153 cm³/mol. The molecule has 8 nitrogen and oxygen atoms in total. The van der Waals surface area contributed by atoms with Crippen LogP contribution in [0, 0.1) is 6.92 Å². The lowest BCUT2D eigenvalue weighted by Crippen LogP contribution is -2.50. The van der Waals surface area contributed by atoms with Crippen molar-refractivity contribution in [2.24, 2.45) is 0 Å². The number of aryl methyl sites for hydroxylation is 1. The number of fused-ring (bicyclic) bond motifs is 1. The number of hydrogen-bond donors (Lipinski definition) is 1. The van der Waals surface area contributed by atoms with Gasteiger partial charge in [-0.2, -0.15) is 0 Å². The highest BCUT2D eigenvalue weighted by molar-refractivity contribution is 7.90. The van der Waals surface area contributed by atoms with Crippen molar-refractivity contribution in [2.45, 2.75) is 57.0 Å². The van der Waals surface area contributed by atoms with Crippen LogP contribution in [0.3, 0.4) is 0 Å². The van der Waals surface area contributed by atoms with Gasteiger partial charge in [0.15, 0.2) is 0 Å². The summed E-state index contributed by atoms with van der Waals surface area (Å²) < 4.78 is 26.7. The van der Waals surface area contributed by atoms with Gasteiger partial charge < -0.3 is 10.2 Å². The highest BCUT2D eigenvalue weighted by Gasteiger charge is 2.40. The molecule has 1 atom stereocenters. The molecule has 0 fully saturated rings. The molecule has 3 aromatic rings. The van der Waals surface area contributed by atoms with Gasteiger partial charge in [-0.15, -0.1) is 0 Å². The van der Waals surface area contributed by atoms with Crippen LogP contribution in [0.15, 0.2) is 83.8 Å². The summed E-state index contributed by atoms with van der Waals surface area (Å²) in [5, 5.41) is 2.95. The van der Waals surface area contributed by atoms with Crippen LogP contribution in [0.4, 0.5) is 0 Å². The van der Waals surface area contributed by atoms with E-state index in [0.29, 0.717) is 13.0 Å². The van der Waals surface area contributed by atoms with Crippen molar-refractivity contribution in [1.29, 1.82) is 0 Å². The van der Waals surface area contributed by atoms with Crippen LogP contribution in [-0.4, -0.2) is 54.5 Å². The van der Waals surface area contributed by atoms with Crippen molar-refractivity contribution in [3.63, 3.8) is 0 Å². The van der Waals surface area contributed by atoms with Gasteiger partial charge in [0.25, 0.3) is 15.9 Å². The van der Waals surface area contributed by atoms with Crippen LogP contribution in [-0.2, 0) is 32.6 Å². The van der Waals surface area contributed by atoms with E-state index in [9.17, 15) is 22.8 Å². The Labute approximate surface area is 236 Å². The molecule has 0 radical (unpaired) electrons. The number of benzene rings is 3. The van der Waals surface area contributed by atoms with E-state index in [0.717, 1.165) is 27.4 Å². The van der Waals surface area contributed by atoms with Crippen molar-refractivity contribution in [3.05, 3.63) is 101 Å². The minimum atomic E-state index is -3.95. The van der Waals surface area contributed by atoms with Crippen molar-refractivity contribution in [3.8, 4) is 0 Å². The second kappa shape index (κ2) is 12.9. The zero-order valence-electron chi connectivity index (χ0n) is 22.9. The van der Waals surface area contributed by atoms with Gasteiger partial charge in [0.2, 0.25) is 11.8 Å². The third kappa shape index (κ3) is 6.59. The number of carbonyl (C=O) groups is 3. The van der Waals surface area contributed by atoms with Gasteiger partial charge in [0, 0.05) is 32.5 Å². The molecule has 0 bridgehead atoms. The van der Waals surface area contributed by atoms with Crippen LogP contribution in [0.1, 0.15) is 53.2 Å². The van der Waals surface area contributed by atoms with Gasteiger partial charge in [0.05, 0.1) is 5.56 Å². The van der Waals surface area contributed by atoms with E-state index in [1.807, 2.05) is 68.4 Å². The SMILES string of the molecule is CCCNC(=O)[C@H](Cc1ccccc1)N(Cc1cccc(C)c1)C(=O)CCCN1C(=O)c2ccccc2S1(=O)=O. The number of amides is 3. The maximum Gasteiger partial charge on any atom is 0.269 e. The molecule has 1 N–H and O–H groups in total. The first-order valence-electron chi connectivity index (χ1n) is 13.5. The summed E-state index contributed by atoms with van der Waals surface area (Å²) in [7, 11) is -3.95. The monoisotopic (exact) mass is 561 g/mol. The fourth-order valence-corrected chi connectivity index (χ4v) is 6.50. The minimum absolute atomic E-state index is 0.0112. The quantitative estimate of drug-likeness (QED) is 0.359. The fraction of sp³-hybridized carbons (Fsp3) is 0.323. The topological polar surface area (TPSA) is 104 Å². The van der Waals surface area contributed by atoms with E-state index in [1.54, 1.807) is 17.0 Å². The summed E-state index contributed by atoms with van der Waals surface area (Å²) in [6.45, 7) is 4.53. The van der Waals surface area contributed by atoms with Gasteiger partial charge in [-0.1, -0.05) is 79.2 Å². The first-order valence-corrected chi connectivity index (χ1v) is 15.0. The minimum Gasteiger partial charge on any atom is -0.354 e.